The molecule has 17 heavy (non-hydrogen) atoms. The van der Waals surface area contributed by atoms with Crippen LogP contribution in [0.3, 0.4) is 0 Å². The summed E-state index contributed by atoms with van der Waals surface area (Å²) in [6.07, 6.45) is 2.10. The van der Waals surface area contributed by atoms with E-state index < -0.39 is 0 Å². The van der Waals surface area contributed by atoms with Gasteiger partial charge in [0.1, 0.15) is 0 Å². The highest BCUT2D eigenvalue weighted by Gasteiger charge is 2.28. The third-order valence-electron chi connectivity index (χ3n) is 2.57. The van der Waals surface area contributed by atoms with E-state index in [9.17, 15) is 4.79 Å². The quantitative estimate of drug-likeness (QED) is 0.356. The topological polar surface area (TPSA) is 65.5 Å². The van der Waals surface area contributed by atoms with Gasteiger partial charge in [0, 0.05) is 32.6 Å². The highest BCUT2D eigenvalue weighted by molar-refractivity contribution is 5.81. The van der Waals surface area contributed by atoms with E-state index in [1.165, 1.54) is 0 Å². The standard InChI is InChI=1S/C12H24N4O/c1-9(2)8-16-12(13-3)15-7-6-14-11(17)10-4-5-10/h9-10H,4-8H2,1-3H3,(H,14,17)(H2,13,15,16). The van der Waals surface area contributed by atoms with Crippen molar-refractivity contribution in [3.05, 3.63) is 0 Å². The van der Waals surface area contributed by atoms with Gasteiger partial charge in [-0.05, 0) is 18.8 Å². The molecule has 5 heteroatoms. The first-order valence-electron chi connectivity index (χ1n) is 6.35. The van der Waals surface area contributed by atoms with Crippen LogP contribution in [-0.2, 0) is 4.79 Å². The molecular weight excluding hydrogens is 216 g/mol. The zero-order valence-corrected chi connectivity index (χ0v) is 11.0. The maximum atomic E-state index is 11.3. The van der Waals surface area contributed by atoms with Crippen molar-refractivity contribution >= 4 is 11.9 Å². The molecule has 0 unspecified atom stereocenters. The van der Waals surface area contributed by atoms with Gasteiger partial charge in [0.15, 0.2) is 5.96 Å². The molecule has 0 bridgehead atoms. The van der Waals surface area contributed by atoms with Gasteiger partial charge in [-0.3, -0.25) is 9.79 Å². The molecule has 0 aromatic heterocycles. The van der Waals surface area contributed by atoms with Gasteiger partial charge in [-0.1, -0.05) is 13.8 Å². The number of nitrogens with zero attached hydrogens (tertiary/aromatic N) is 1. The molecule has 0 aliphatic heterocycles. The van der Waals surface area contributed by atoms with Crippen LogP contribution in [0.5, 0.6) is 0 Å². The van der Waals surface area contributed by atoms with Crippen molar-refractivity contribution < 1.29 is 4.79 Å². The van der Waals surface area contributed by atoms with Crippen molar-refractivity contribution in [2.75, 3.05) is 26.7 Å². The van der Waals surface area contributed by atoms with E-state index >= 15 is 0 Å². The molecule has 0 aromatic carbocycles. The van der Waals surface area contributed by atoms with E-state index in [0.717, 1.165) is 25.3 Å². The molecule has 1 aliphatic carbocycles. The van der Waals surface area contributed by atoms with Crippen LogP contribution in [0, 0.1) is 11.8 Å². The second kappa shape index (κ2) is 7.14. The van der Waals surface area contributed by atoms with Gasteiger partial charge in [0.25, 0.3) is 0 Å². The summed E-state index contributed by atoms with van der Waals surface area (Å²) in [5.41, 5.74) is 0. The fourth-order valence-corrected chi connectivity index (χ4v) is 1.38. The largest absolute Gasteiger partial charge is 0.356 e. The monoisotopic (exact) mass is 240 g/mol. The van der Waals surface area contributed by atoms with Crippen LogP contribution in [0.15, 0.2) is 4.99 Å². The van der Waals surface area contributed by atoms with Gasteiger partial charge >= 0.3 is 0 Å². The smallest absolute Gasteiger partial charge is 0.223 e. The molecule has 0 radical (unpaired) electrons. The Hall–Kier alpha value is -1.26. The van der Waals surface area contributed by atoms with E-state index in [1.807, 2.05) is 0 Å². The van der Waals surface area contributed by atoms with Gasteiger partial charge in [-0.25, -0.2) is 0 Å². The van der Waals surface area contributed by atoms with E-state index in [1.54, 1.807) is 7.05 Å². The number of guanidine groups is 1. The van der Waals surface area contributed by atoms with Crippen molar-refractivity contribution in [3.63, 3.8) is 0 Å². The van der Waals surface area contributed by atoms with Crippen molar-refractivity contribution in [3.8, 4) is 0 Å². The summed E-state index contributed by atoms with van der Waals surface area (Å²) in [5, 5.41) is 9.29. The maximum Gasteiger partial charge on any atom is 0.223 e. The van der Waals surface area contributed by atoms with Gasteiger partial charge in [-0.15, -0.1) is 0 Å². The number of carbonyl (C=O) groups is 1. The first-order valence-corrected chi connectivity index (χ1v) is 6.35. The normalized spacial score (nSPS) is 15.9. The zero-order valence-electron chi connectivity index (χ0n) is 11.0. The average Bonchev–Trinajstić information content (AvgIpc) is 3.11. The minimum Gasteiger partial charge on any atom is -0.356 e. The Bertz CT molecular complexity index is 272. The minimum atomic E-state index is 0.192. The van der Waals surface area contributed by atoms with Crippen LogP contribution in [0.4, 0.5) is 0 Å². The number of hydrogen-bond acceptors (Lipinski definition) is 2. The van der Waals surface area contributed by atoms with Crippen LogP contribution in [0.1, 0.15) is 26.7 Å². The predicted molar refractivity (Wildman–Crippen MR) is 69.9 cm³/mol. The van der Waals surface area contributed by atoms with Crippen molar-refractivity contribution in [2.24, 2.45) is 16.8 Å². The summed E-state index contributed by atoms with van der Waals surface area (Å²) in [7, 11) is 1.75. The molecule has 0 heterocycles. The van der Waals surface area contributed by atoms with Crippen molar-refractivity contribution in [1.82, 2.24) is 16.0 Å². The zero-order chi connectivity index (χ0) is 12.7. The number of hydrogen-bond donors (Lipinski definition) is 3. The number of rotatable bonds is 6. The van der Waals surface area contributed by atoms with Gasteiger partial charge < -0.3 is 16.0 Å². The summed E-state index contributed by atoms with van der Waals surface area (Å²) in [5.74, 6) is 1.85. The molecule has 1 rings (SSSR count). The fourth-order valence-electron chi connectivity index (χ4n) is 1.38. The third-order valence-corrected chi connectivity index (χ3v) is 2.57. The average molecular weight is 240 g/mol. The van der Waals surface area contributed by atoms with E-state index in [4.69, 9.17) is 0 Å². The third kappa shape index (κ3) is 6.14. The Kier molecular flexibility index (Phi) is 5.80. The summed E-state index contributed by atoms with van der Waals surface area (Å²) in [6.45, 7) is 6.55. The van der Waals surface area contributed by atoms with Crippen molar-refractivity contribution in [1.29, 1.82) is 0 Å². The van der Waals surface area contributed by atoms with E-state index in [2.05, 4.69) is 34.8 Å². The molecule has 0 spiro atoms. The second-order valence-electron chi connectivity index (χ2n) is 4.84. The molecule has 1 fully saturated rings. The molecule has 0 aromatic rings. The molecule has 1 aliphatic rings. The maximum absolute atomic E-state index is 11.3. The Labute approximate surface area is 103 Å². The number of amides is 1. The number of nitrogens with one attached hydrogen (secondary N) is 3. The first kappa shape index (κ1) is 13.8. The Morgan fingerprint density at radius 3 is 2.41 bits per heavy atom. The lowest BCUT2D eigenvalue weighted by molar-refractivity contribution is -0.122. The molecular formula is C12H24N4O. The molecule has 0 saturated heterocycles. The summed E-state index contributed by atoms with van der Waals surface area (Å²) < 4.78 is 0. The molecule has 5 nitrogen and oxygen atoms in total. The highest BCUT2D eigenvalue weighted by atomic mass is 16.2. The fraction of sp³-hybridized carbons (Fsp3) is 0.833. The number of carbonyl (C=O) groups excluding carboxylic acids is 1. The molecule has 3 N–H and O–H groups in total. The van der Waals surface area contributed by atoms with Crippen LogP contribution >= 0.6 is 0 Å². The van der Waals surface area contributed by atoms with E-state index in [0.29, 0.717) is 19.0 Å². The molecule has 1 amide bonds. The lowest BCUT2D eigenvalue weighted by atomic mass is 10.2. The SMILES string of the molecule is CN=C(NCCNC(=O)C1CC1)NCC(C)C. The molecule has 1 saturated carbocycles. The number of aliphatic imine (C=N–C) groups is 1. The second-order valence-corrected chi connectivity index (χ2v) is 4.84. The Morgan fingerprint density at radius 1 is 1.24 bits per heavy atom. The Balaban J connectivity index is 2.04. The van der Waals surface area contributed by atoms with Crippen LogP contribution in [0.25, 0.3) is 0 Å². The van der Waals surface area contributed by atoms with Crippen LogP contribution in [0.2, 0.25) is 0 Å². The van der Waals surface area contributed by atoms with E-state index in [-0.39, 0.29) is 11.8 Å². The Morgan fingerprint density at radius 2 is 1.88 bits per heavy atom. The lowest BCUT2D eigenvalue weighted by Gasteiger charge is -2.13. The highest BCUT2D eigenvalue weighted by Crippen LogP contribution is 2.28. The van der Waals surface area contributed by atoms with Crippen molar-refractivity contribution in [2.45, 2.75) is 26.7 Å². The molecule has 98 valence electrons. The van der Waals surface area contributed by atoms with Gasteiger partial charge in [0.05, 0.1) is 0 Å². The summed E-state index contributed by atoms with van der Waals surface area (Å²) in [4.78, 5) is 15.5. The molecule has 0 atom stereocenters. The van der Waals surface area contributed by atoms with Crippen LogP contribution in [-0.4, -0.2) is 38.5 Å². The summed E-state index contributed by atoms with van der Waals surface area (Å²) >= 11 is 0. The lowest BCUT2D eigenvalue weighted by Crippen LogP contribution is -2.42. The van der Waals surface area contributed by atoms with Gasteiger partial charge in [-0.2, -0.15) is 0 Å². The van der Waals surface area contributed by atoms with Crippen LogP contribution < -0.4 is 16.0 Å². The minimum absolute atomic E-state index is 0.192. The van der Waals surface area contributed by atoms with Gasteiger partial charge in [0.2, 0.25) is 5.91 Å². The predicted octanol–water partition coefficient (Wildman–Crippen LogP) is 0.334. The first-order chi connectivity index (χ1) is 8.13. The summed E-state index contributed by atoms with van der Waals surface area (Å²) in [6, 6.07) is 0.